The Bertz CT molecular complexity index is 554. The standard InChI is InChI=1S/C16H20N2O/c1-2-12-6-5-9-18(11-12)16(19)15-10-13-7-3-4-8-14(13)17-15/h3-4,7-8,10,12,17H,2,5-6,9,11H2,1H3. The molecule has 1 aromatic heterocycles. The predicted molar refractivity (Wildman–Crippen MR) is 77.2 cm³/mol. The van der Waals surface area contributed by atoms with Gasteiger partial charge in [0, 0.05) is 24.0 Å². The molecule has 1 aliphatic heterocycles. The van der Waals surface area contributed by atoms with Gasteiger partial charge in [-0.15, -0.1) is 0 Å². The third-order valence-electron chi connectivity index (χ3n) is 4.14. The van der Waals surface area contributed by atoms with Crippen LogP contribution in [0.4, 0.5) is 0 Å². The van der Waals surface area contributed by atoms with Crippen LogP contribution in [0.1, 0.15) is 36.7 Å². The van der Waals surface area contributed by atoms with Gasteiger partial charge in [0.15, 0.2) is 0 Å². The normalized spacial score (nSPS) is 19.8. The van der Waals surface area contributed by atoms with E-state index >= 15 is 0 Å². The molecule has 1 aliphatic rings. The number of aromatic amines is 1. The number of carbonyl (C=O) groups is 1. The van der Waals surface area contributed by atoms with E-state index in [9.17, 15) is 4.79 Å². The fraction of sp³-hybridized carbons (Fsp3) is 0.438. The molecule has 0 aliphatic carbocycles. The summed E-state index contributed by atoms with van der Waals surface area (Å²) in [7, 11) is 0. The van der Waals surface area contributed by atoms with E-state index in [1.807, 2.05) is 35.2 Å². The van der Waals surface area contributed by atoms with Crippen molar-refractivity contribution < 1.29 is 4.79 Å². The van der Waals surface area contributed by atoms with Gasteiger partial charge in [0.25, 0.3) is 5.91 Å². The summed E-state index contributed by atoms with van der Waals surface area (Å²) in [5, 5.41) is 1.11. The summed E-state index contributed by atoms with van der Waals surface area (Å²) >= 11 is 0. The zero-order valence-corrected chi connectivity index (χ0v) is 11.4. The van der Waals surface area contributed by atoms with Crippen molar-refractivity contribution in [2.45, 2.75) is 26.2 Å². The molecule has 1 aromatic carbocycles. The van der Waals surface area contributed by atoms with Gasteiger partial charge in [-0.1, -0.05) is 31.5 Å². The molecule has 1 amide bonds. The van der Waals surface area contributed by atoms with Crippen LogP contribution in [0.3, 0.4) is 0 Å². The Labute approximate surface area is 113 Å². The summed E-state index contributed by atoms with van der Waals surface area (Å²) < 4.78 is 0. The zero-order chi connectivity index (χ0) is 13.2. The Morgan fingerprint density at radius 3 is 3.05 bits per heavy atom. The molecule has 19 heavy (non-hydrogen) atoms. The molecular weight excluding hydrogens is 236 g/mol. The second-order valence-corrected chi connectivity index (χ2v) is 5.44. The minimum Gasteiger partial charge on any atom is -0.351 e. The van der Waals surface area contributed by atoms with Crippen LogP contribution in [0.2, 0.25) is 0 Å². The van der Waals surface area contributed by atoms with E-state index in [1.54, 1.807) is 0 Å². The molecule has 3 heteroatoms. The minimum absolute atomic E-state index is 0.148. The summed E-state index contributed by atoms with van der Waals surface area (Å²) in [5.41, 5.74) is 1.76. The number of amides is 1. The molecule has 100 valence electrons. The van der Waals surface area contributed by atoms with Gasteiger partial charge in [-0.25, -0.2) is 0 Å². The molecule has 2 heterocycles. The first-order valence-corrected chi connectivity index (χ1v) is 7.15. The average molecular weight is 256 g/mol. The van der Waals surface area contributed by atoms with Gasteiger partial charge < -0.3 is 9.88 Å². The molecule has 1 atom stereocenters. The molecule has 3 rings (SSSR count). The van der Waals surface area contributed by atoms with Crippen LogP contribution >= 0.6 is 0 Å². The largest absolute Gasteiger partial charge is 0.351 e. The number of nitrogens with one attached hydrogen (secondary N) is 1. The highest BCUT2D eigenvalue weighted by molar-refractivity contribution is 5.98. The molecule has 1 unspecified atom stereocenters. The Morgan fingerprint density at radius 1 is 1.42 bits per heavy atom. The first-order chi connectivity index (χ1) is 9.28. The maximum Gasteiger partial charge on any atom is 0.270 e. The van der Waals surface area contributed by atoms with Crippen molar-refractivity contribution in [3.8, 4) is 0 Å². The van der Waals surface area contributed by atoms with Gasteiger partial charge in [0.1, 0.15) is 5.69 Å². The van der Waals surface area contributed by atoms with Crippen molar-refractivity contribution in [2.24, 2.45) is 5.92 Å². The van der Waals surface area contributed by atoms with Crippen LogP contribution < -0.4 is 0 Å². The highest BCUT2D eigenvalue weighted by Gasteiger charge is 2.24. The molecule has 1 N–H and O–H groups in total. The Kier molecular flexibility index (Phi) is 3.28. The Hall–Kier alpha value is -1.77. The number of H-pyrrole nitrogens is 1. The van der Waals surface area contributed by atoms with Gasteiger partial charge in [-0.3, -0.25) is 4.79 Å². The number of hydrogen-bond donors (Lipinski definition) is 1. The van der Waals surface area contributed by atoms with Gasteiger partial charge in [0.2, 0.25) is 0 Å². The van der Waals surface area contributed by atoms with E-state index in [2.05, 4.69) is 11.9 Å². The fourth-order valence-corrected chi connectivity index (χ4v) is 2.94. The van der Waals surface area contributed by atoms with Crippen molar-refractivity contribution in [3.05, 3.63) is 36.0 Å². The molecule has 0 spiro atoms. The summed E-state index contributed by atoms with van der Waals surface area (Å²) in [6, 6.07) is 10.00. The van der Waals surface area contributed by atoms with E-state index in [4.69, 9.17) is 0 Å². The second-order valence-electron chi connectivity index (χ2n) is 5.44. The van der Waals surface area contributed by atoms with Crippen molar-refractivity contribution in [2.75, 3.05) is 13.1 Å². The first-order valence-electron chi connectivity index (χ1n) is 7.15. The maximum absolute atomic E-state index is 12.5. The highest BCUT2D eigenvalue weighted by Crippen LogP contribution is 2.22. The van der Waals surface area contributed by atoms with Crippen LogP contribution in [0.5, 0.6) is 0 Å². The van der Waals surface area contributed by atoms with Crippen molar-refractivity contribution in [1.82, 2.24) is 9.88 Å². The third-order valence-corrected chi connectivity index (χ3v) is 4.14. The maximum atomic E-state index is 12.5. The Balaban J connectivity index is 1.82. The number of para-hydroxylation sites is 1. The van der Waals surface area contributed by atoms with Gasteiger partial charge >= 0.3 is 0 Å². The van der Waals surface area contributed by atoms with E-state index in [1.165, 1.54) is 6.42 Å². The number of carbonyl (C=O) groups excluding carboxylic acids is 1. The lowest BCUT2D eigenvalue weighted by Gasteiger charge is -2.32. The average Bonchev–Trinajstić information content (AvgIpc) is 2.90. The lowest BCUT2D eigenvalue weighted by molar-refractivity contribution is 0.0666. The second kappa shape index (κ2) is 5.08. The van der Waals surface area contributed by atoms with E-state index < -0.39 is 0 Å². The fourth-order valence-electron chi connectivity index (χ4n) is 2.94. The van der Waals surface area contributed by atoms with Crippen molar-refractivity contribution in [1.29, 1.82) is 0 Å². The topological polar surface area (TPSA) is 36.1 Å². The van der Waals surface area contributed by atoms with Crippen molar-refractivity contribution in [3.63, 3.8) is 0 Å². The number of piperidine rings is 1. The molecule has 2 aromatic rings. The number of rotatable bonds is 2. The zero-order valence-electron chi connectivity index (χ0n) is 11.4. The van der Waals surface area contributed by atoms with Crippen LogP contribution in [0, 0.1) is 5.92 Å². The van der Waals surface area contributed by atoms with Gasteiger partial charge in [0.05, 0.1) is 0 Å². The Morgan fingerprint density at radius 2 is 2.26 bits per heavy atom. The summed E-state index contributed by atoms with van der Waals surface area (Å²) in [6.45, 7) is 4.01. The smallest absolute Gasteiger partial charge is 0.270 e. The van der Waals surface area contributed by atoms with Crippen LogP contribution in [-0.4, -0.2) is 28.9 Å². The number of hydrogen-bond acceptors (Lipinski definition) is 1. The highest BCUT2D eigenvalue weighted by atomic mass is 16.2. The van der Waals surface area contributed by atoms with Crippen LogP contribution in [0.25, 0.3) is 10.9 Å². The molecule has 0 bridgehead atoms. The molecule has 0 saturated carbocycles. The molecule has 0 radical (unpaired) electrons. The molecule has 1 fully saturated rings. The molecule has 3 nitrogen and oxygen atoms in total. The SMILES string of the molecule is CCC1CCCN(C(=O)c2cc3ccccc3[nH]2)C1. The lowest BCUT2D eigenvalue weighted by Crippen LogP contribution is -2.39. The first kappa shape index (κ1) is 12.3. The number of likely N-dealkylation sites (tertiary alicyclic amines) is 1. The molecular formula is C16H20N2O. The lowest BCUT2D eigenvalue weighted by atomic mass is 9.95. The molecule has 1 saturated heterocycles. The van der Waals surface area contributed by atoms with E-state index in [0.717, 1.165) is 42.5 Å². The van der Waals surface area contributed by atoms with E-state index in [-0.39, 0.29) is 5.91 Å². The third kappa shape index (κ3) is 2.37. The van der Waals surface area contributed by atoms with Gasteiger partial charge in [-0.2, -0.15) is 0 Å². The van der Waals surface area contributed by atoms with Gasteiger partial charge in [-0.05, 0) is 30.9 Å². The summed E-state index contributed by atoms with van der Waals surface area (Å²) in [5.74, 6) is 0.816. The number of aromatic nitrogens is 1. The van der Waals surface area contributed by atoms with Crippen LogP contribution in [-0.2, 0) is 0 Å². The number of benzene rings is 1. The summed E-state index contributed by atoms with van der Waals surface area (Å²) in [6.07, 6.45) is 3.55. The number of fused-ring (bicyclic) bond motifs is 1. The van der Waals surface area contributed by atoms with Crippen LogP contribution in [0.15, 0.2) is 30.3 Å². The number of nitrogens with zero attached hydrogens (tertiary/aromatic N) is 1. The minimum atomic E-state index is 0.148. The quantitative estimate of drug-likeness (QED) is 0.878. The van der Waals surface area contributed by atoms with E-state index in [0.29, 0.717) is 5.92 Å². The predicted octanol–water partition coefficient (Wildman–Crippen LogP) is 3.43. The summed E-state index contributed by atoms with van der Waals surface area (Å²) in [4.78, 5) is 17.8. The van der Waals surface area contributed by atoms with Crippen molar-refractivity contribution >= 4 is 16.8 Å². The monoisotopic (exact) mass is 256 g/mol.